The topological polar surface area (TPSA) is 85.6 Å². The molecule has 1 saturated carbocycles. The van der Waals surface area contributed by atoms with Crippen molar-refractivity contribution in [2.75, 3.05) is 0 Å². The van der Waals surface area contributed by atoms with Crippen molar-refractivity contribution in [2.24, 2.45) is 5.92 Å². The van der Waals surface area contributed by atoms with E-state index in [1.807, 2.05) is 31.5 Å². The molecule has 7 nitrogen and oxygen atoms in total. The average molecular weight is 350 g/mol. The van der Waals surface area contributed by atoms with Gasteiger partial charge in [-0.3, -0.25) is 4.79 Å². The van der Waals surface area contributed by atoms with Crippen molar-refractivity contribution in [3.8, 4) is 0 Å². The maximum atomic E-state index is 12.9. The van der Waals surface area contributed by atoms with Crippen molar-refractivity contribution in [3.63, 3.8) is 0 Å². The largest absolute Gasteiger partial charge is 0.342 e. The van der Waals surface area contributed by atoms with Gasteiger partial charge in [0.25, 0.3) is 5.91 Å². The minimum atomic E-state index is -0.116. The first-order chi connectivity index (χ1) is 12.6. The van der Waals surface area contributed by atoms with Gasteiger partial charge in [-0.15, -0.1) is 0 Å². The summed E-state index contributed by atoms with van der Waals surface area (Å²) >= 11 is 0. The summed E-state index contributed by atoms with van der Waals surface area (Å²) in [5, 5.41) is 7.39. The van der Waals surface area contributed by atoms with E-state index in [4.69, 9.17) is 0 Å². The Kier molecular flexibility index (Phi) is 4.14. The first kappa shape index (κ1) is 16.6. The number of benzene rings is 1. The third-order valence-corrected chi connectivity index (χ3v) is 4.94. The summed E-state index contributed by atoms with van der Waals surface area (Å²) in [6.07, 6.45) is 3.75. The van der Waals surface area contributed by atoms with Crippen LogP contribution in [0.15, 0.2) is 24.5 Å². The Morgan fingerprint density at radius 2 is 1.96 bits per heavy atom. The van der Waals surface area contributed by atoms with Gasteiger partial charge in [-0.2, -0.15) is 5.10 Å². The Morgan fingerprint density at radius 3 is 2.65 bits per heavy atom. The molecule has 1 amide bonds. The summed E-state index contributed by atoms with van der Waals surface area (Å²) in [6.45, 7) is 6.62. The Balaban J connectivity index is 1.62. The van der Waals surface area contributed by atoms with Gasteiger partial charge in [0, 0.05) is 12.1 Å². The molecule has 1 N–H and O–H groups in total. The molecule has 2 aromatic heterocycles. The van der Waals surface area contributed by atoms with Crippen LogP contribution in [0.5, 0.6) is 0 Å². The monoisotopic (exact) mass is 350 g/mol. The number of hydrogen-bond acceptors (Lipinski definition) is 5. The lowest BCUT2D eigenvalue weighted by atomic mass is 10.1. The molecule has 0 spiro atoms. The summed E-state index contributed by atoms with van der Waals surface area (Å²) in [4.78, 5) is 26.3. The van der Waals surface area contributed by atoms with Crippen molar-refractivity contribution in [1.82, 2.24) is 30.0 Å². The van der Waals surface area contributed by atoms with E-state index in [9.17, 15) is 4.79 Å². The zero-order valence-corrected chi connectivity index (χ0v) is 15.2. The van der Waals surface area contributed by atoms with Gasteiger partial charge in [-0.25, -0.2) is 19.6 Å². The SMILES string of the molecule is CCn1ncnc1[C@H](NC(=O)c1ccc2nc(C)c(C)nc2c1)C1CC1. The van der Waals surface area contributed by atoms with Crippen LogP contribution >= 0.6 is 0 Å². The third-order valence-electron chi connectivity index (χ3n) is 4.94. The molecule has 0 radical (unpaired) electrons. The van der Waals surface area contributed by atoms with Crippen LogP contribution in [0, 0.1) is 19.8 Å². The van der Waals surface area contributed by atoms with Crippen LogP contribution in [-0.4, -0.2) is 30.6 Å². The van der Waals surface area contributed by atoms with Crippen LogP contribution in [0.3, 0.4) is 0 Å². The molecule has 0 saturated heterocycles. The maximum absolute atomic E-state index is 12.9. The standard InChI is InChI=1S/C19H22N6O/c1-4-25-18(20-10-21-25)17(13-5-6-13)24-19(26)14-7-8-15-16(9-14)23-12(3)11(2)22-15/h7-10,13,17H,4-6H2,1-3H3,(H,24,26)/t17-/m1/s1. The highest BCUT2D eigenvalue weighted by atomic mass is 16.1. The Hall–Kier alpha value is -2.83. The second-order valence-electron chi connectivity index (χ2n) is 6.82. The highest BCUT2D eigenvalue weighted by Gasteiger charge is 2.36. The van der Waals surface area contributed by atoms with Crippen molar-refractivity contribution in [1.29, 1.82) is 0 Å². The van der Waals surface area contributed by atoms with E-state index in [0.717, 1.165) is 47.6 Å². The quantitative estimate of drug-likeness (QED) is 0.765. The number of nitrogens with zero attached hydrogens (tertiary/aromatic N) is 5. The van der Waals surface area contributed by atoms with Gasteiger partial charge in [-0.05, 0) is 57.7 Å². The molecule has 0 bridgehead atoms. The van der Waals surface area contributed by atoms with E-state index in [1.165, 1.54) is 0 Å². The molecule has 7 heteroatoms. The molecule has 134 valence electrons. The highest BCUT2D eigenvalue weighted by Crippen LogP contribution is 2.40. The van der Waals surface area contributed by atoms with E-state index in [2.05, 4.69) is 25.4 Å². The number of carbonyl (C=O) groups excluding carboxylic acids is 1. The fourth-order valence-corrected chi connectivity index (χ4v) is 3.18. The van der Waals surface area contributed by atoms with Crippen molar-refractivity contribution in [3.05, 3.63) is 47.3 Å². The summed E-state index contributed by atoms with van der Waals surface area (Å²) < 4.78 is 1.85. The summed E-state index contributed by atoms with van der Waals surface area (Å²) in [5.41, 5.74) is 3.90. The van der Waals surface area contributed by atoms with Crippen LogP contribution in [0.25, 0.3) is 11.0 Å². The molecule has 1 aliphatic carbocycles. The molecule has 1 fully saturated rings. The second-order valence-corrected chi connectivity index (χ2v) is 6.82. The minimum absolute atomic E-state index is 0.105. The smallest absolute Gasteiger partial charge is 0.251 e. The normalized spacial score (nSPS) is 15.2. The van der Waals surface area contributed by atoms with Gasteiger partial charge in [0.05, 0.1) is 28.5 Å². The first-order valence-electron chi connectivity index (χ1n) is 9.00. The fourth-order valence-electron chi connectivity index (χ4n) is 3.18. The number of rotatable bonds is 5. The van der Waals surface area contributed by atoms with E-state index in [0.29, 0.717) is 11.5 Å². The number of aryl methyl sites for hydroxylation is 3. The summed E-state index contributed by atoms with van der Waals surface area (Å²) in [6, 6.07) is 5.35. The predicted octanol–water partition coefficient (Wildman–Crippen LogP) is 2.74. The van der Waals surface area contributed by atoms with Crippen LogP contribution in [0.2, 0.25) is 0 Å². The van der Waals surface area contributed by atoms with Crippen LogP contribution in [-0.2, 0) is 6.54 Å². The van der Waals surface area contributed by atoms with Gasteiger partial charge in [0.15, 0.2) is 0 Å². The van der Waals surface area contributed by atoms with Gasteiger partial charge in [-0.1, -0.05) is 0 Å². The van der Waals surface area contributed by atoms with E-state index >= 15 is 0 Å². The molecule has 4 rings (SSSR count). The average Bonchev–Trinajstić information content (AvgIpc) is 3.36. The lowest BCUT2D eigenvalue weighted by Crippen LogP contribution is -2.32. The Morgan fingerprint density at radius 1 is 1.23 bits per heavy atom. The van der Waals surface area contributed by atoms with E-state index in [-0.39, 0.29) is 11.9 Å². The lowest BCUT2D eigenvalue weighted by molar-refractivity contribution is 0.0928. The lowest BCUT2D eigenvalue weighted by Gasteiger charge is -2.18. The molecular weight excluding hydrogens is 328 g/mol. The number of amides is 1. The number of hydrogen-bond donors (Lipinski definition) is 1. The Labute approximate surface area is 151 Å². The van der Waals surface area contributed by atoms with E-state index < -0.39 is 0 Å². The number of nitrogens with one attached hydrogen (secondary N) is 1. The number of aromatic nitrogens is 5. The van der Waals surface area contributed by atoms with Crippen LogP contribution < -0.4 is 5.32 Å². The second kappa shape index (κ2) is 6.48. The van der Waals surface area contributed by atoms with E-state index in [1.54, 1.807) is 18.5 Å². The molecule has 26 heavy (non-hydrogen) atoms. The number of carbonyl (C=O) groups is 1. The fraction of sp³-hybridized carbons (Fsp3) is 0.421. The Bertz CT molecular complexity index is 975. The van der Waals surface area contributed by atoms with Crippen molar-refractivity contribution < 1.29 is 4.79 Å². The zero-order valence-electron chi connectivity index (χ0n) is 15.2. The summed E-state index contributed by atoms with van der Waals surface area (Å²) in [5.74, 6) is 1.14. The molecule has 0 aliphatic heterocycles. The summed E-state index contributed by atoms with van der Waals surface area (Å²) in [7, 11) is 0. The molecule has 1 atom stereocenters. The van der Waals surface area contributed by atoms with Crippen molar-refractivity contribution >= 4 is 16.9 Å². The number of fused-ring (bicyclic) bond motifs is 1. The molecule has 0 unspecified atom stereocenters. The van der Waals surface area contributed by atoms with Crippen molar-refractivity contribution in [2.45, 2.75) is 46.2 Å². The van der Waals surface area contributed by atoms with Gasteiger partial charge in [0.2, 0.25) is 0 Å². The van der Waals surface area contributed by atoms with Gasteiger partial charge in [0.1, 0.15) is 12.2 Å². The molecule has 1 aromatic carbocycles. The molecular formula is C19H22N6O. The van der Waals surface area contributed by atoms with Crippen LogP contribution in [0.1, 0.15) is 53.4 Å². The predicted molar refractivity (Wildman–Crippen MR) is 97.6 cm³/mol. The third kappa shape index (κ3) is 3.05. The van der Waals surface area contributed by atoms with Crippen LogP contribution in [0.4, 0.5) is 0 Å². The molecule has 2 heterocycles. The van der Waals surface area contributed by atoms with Gasteiger partial charge >= 0.3 is 0 Å². The van der Waals surface area contributed by atoms with Gasteiger partial charge < -0.3 is 5.32 Å². The minimum Gasteiger partial charge on any atom is -0.342 e. The zero-order chi connectivity index (χ0) is 18.3. The first-order valence-corrected chi connectivity index (χ1v) is 9.00. The highest BCUT2D eigenvalue weighted by molar-refractivity contribution is 5.97. The maximum Gasteiger partial charge on any atom is 0.251 e. The molecule has 3 aromatic rings. The molecule has 1 aliphatic rings.